The molecule has 2 aromatic rings. The van der Waals surface area contributed by atoms with E-state index in [2.05, 4.69) is 37.2 Å². The monoisotopic (exact) mass is 489 g/mol. The van der Waals surface area contributed by atoms with Crippen LogP contribution in [-0.4, -0.2) is 25.1 Å². The smallest absolute Gasteiger partial charge is 0.341 e. The molecule has 0 radical (unpaired) electrons. The summed E-state index contributed by atoms with van der Waals surface area (Å²) in [5.41, 5.74) is 0.377. The van der Waals surface area contributed by atoms with E-state index >= 15 is 0 Å². The molecule has 0 aliphatic rings. The van der Waals surface area contributed by atoms with Gasteiger partial charge in [0.1, 0.15) is 10.8 Å². The number of hydrogen-bond donors (Lipinski definition) is 1. The van der Waals surface area contributed by atoms with Gasteiger partial charge in [0.15, 0.2) is 6.61 Å². The molecule has 0 saturated carbocycles. The van der Waals surface area contributed by atoms with Gasteiger partial charge in [0.05, 0.1) is 16.6 Å². The summed E-state index contributed by atoms with van der Waals surface area (Å²) in [6.07, 6.45) is 0.773. The summed E-state index contributed by atoms with van der Waals surface area (Å²) in [7, 11) is 0. The molecular formula is C17H17Br2NO4S. The van der Waals surface area contributed by atoms with E-state index in [1.165, 1.54) is 11.3 Å². The Morgan fingerprint density at radius 2 is 1.96 bits per heavy atom. The van der Waals surface area contributed by atoms with Gasteiger partial charge in [0.25, 0.3) is 5.91 Å². The zero-order chi connectivity index (χ0) is 18.4. The van der Waals surface area contributed by atoms with Crippen molar-refractivity contribution in [3.05, 3.63) is 43.7 Å². The highest BCUT2D eigenvalue weighted by Gasteiger charge is 2.19. The Morgan fingerprint density at radius 3 is 2.60 bits per heavy atom. The number of hydrogen-bond acceptors (Lipinski definition) is 5. The molecule has 0 fully saturated rings. The molecule has 0 aliphatic carbocycles. The van der Waals surface area contributed by atoms with Gasteiger partial charge in [-0.05, 0) is 53.5 Å². The van der Waals surface area contributed by atoms with E-state index in [1.54, 1.807) is 19.1 Å². The lowest BCUT2D eigenvalue weighted by Crippen LogP contribution is -2.21. The molecule has 0 saturated heterocycles. The van der Waals surface area contributed by atoms with Crippen LogP contribution in [0.3, 0.4) is 0 Å². The van der Waals surface area contributed by atoms with Gasteiger partial charge in [-0.3, -0.25) is 4.79 Å². The Morgan fingerprint density at radius 1 is 1.20 bits per heavy atom. The highest BCUT2D eigenvalue weighted by atomic mass is 79.9. The number of carbonyl (C=O) groups excluding carboxylic acids is 2. The number of anilines is 1. The number of rotatable bonds is 7. The van der Waals surface area contributed by atoms with E-state index in [1.807, 2.05) is 19.1 Å². The van der Waals surface area contributed by atoms with Crippen LogP contribution in [-0.2, 0) is 16.0 Å². The Kier molecular flexibility index (Phi) is 7.46. The van der Waals surface area contributed by atoms with Gasteiger partial charge < -0.3 is 14.8 Å². The molecule has 1 N–H and O–H groups in total. The first-order valence-electron chi connectivity index (χ1n) is 7.62. The first-order valence-corrected chi connectivity index (χ1v) is 10.0. The third kappa shape index (κ3) is 5.55. The molecule has 0 aliphatic heterocycles. The predicted octanol–water partition coefficient (Wildman–Crippen LogP) is 5.03. The minimum absolute atomic E-state index is 0.165. The topological polar surface area (TPSA) is 64.6 Å². The van der Waals surface area contributed by atoms with Crippen LogP contribution in [0.15, 0.2) is 33.2 Å². The average Bonchev–Trinajstić information content (AvgIpc) is 2.97. The van der Waals surface area contributed by atoms with Crippen LogP contribution in [0.1, 0.15) is 29.1 Å². The zero-order valence-electron chi connectivity index (χ0n) is 13.7. The molecule has 0 bridgehead atoms. The summed E-state index contributed by atoms with van der Waals surface area (Å²) in [4.78, 5) is 25.2. The molecule has 0 spiro atoms. The first-order chi connectivity index (χ1) is 11.9. The third-order valence-corrected chi connectivity index (χ3v) is 5.44. The number of carbonyl (C=O) groups is 2. The maximum atomic E-state index is 12.2. The van der Waals surface area contributed by atoms with Gasteiger partial charge in [-0.2, -0.15) is 0 Å². The van der Waals surface area contributed by atoms with Gasteiger partial charge in [-0.25, -0.2) is 4.79 Å². The second kappa shape index (κ2) is 9.35. The third-order valence-electron chi connectivity index (χ3n) is 3.13. The van der Waals surface area contributed by atoms with Gasteiger partial charge in [0, 0.05) is 9.35 Å². The summed E-state index contributed by atoms with van der Waals surface area (Å²) in [6, 6.07) is 7.17. The standard InChI is InChI=1S/C17H17Br2NO4S/c1-3-11-8-12(17(22)23-4-2)16(25-11)20-15(21)9-24-14-6-5-10(18)7-13(14)19/h5-8H,3-4,9H2,1-2H3,(H,20,21). The van der Waals surface area contributed by atoms with Crippen LogP contribution in [0.25, 0.3) is 0 Å². The molecule has 1 heterocycles. The summed E-state index contributed by atoms with van der Waals surface area (Å²) in [5, 5.41) is 3.22. The van der Waals surface area contributed by atoms with Crippen LogP contribution in [0.2, 0.25) is 0 Å². The summed E-state index contributed by atoms with van der Waals surface area (Å²) in [6.45, 7) is 3.85. The Hall–Kier alpha value is -1.38. The molecule has 0 unspecified atom stereocenters. The fraction of sp³-hybridized carbons (Fsp3) is 0.294. The maximum Gasteiger partial charge on any atom is 0.341 e. The highest BCUT2D eigenvalue weighted by Crippen LogP contribution is 2.30. The number of benzene rings is 1. The molecule has 134 valence electrons. The Bertz CT molecular complexity index is 776. The quantitative estimate of drug-likeness (QED) is 0.553. The van der Waals surface area contributed by atoms with Crippen molar-refractivity contribution in [1.29, 1.82) is 0 Å². The van der Waals surface area contributed by atoms with Crippen LogP contribution in [0.4, 0.5) is 5.00 Å². The number of ether oxygens (including phenoxy) is 2. The largest absolute Gasteiger partial charge is 0.483 e. The van der Waals surface area contributed by atoms with Crippen molar-refractivity contribution in [2.45, 2.75) is 20.3 Å². The van der Waals surface area contributed by atoms with Crippen LogP contribution >= 0.6 is 43.2 Å². The lowest BCUT2D eigenvalue weighted by molar-refractivity contribution is -0.118. The van der Waals surface area contributed by atoms with Crippen molar-refractivity contribution in [1.82, 2.24) is 0 Å². The summed E-state index contributed by atoms with van der Waals surface area (Å²) >= 11 is 8.10. The highest BCUT2D eigenvalue weighted by molar-refractivity contribution is 9.11. The SMILES string of the molecule is CCOC(=O)c1cc(CC)sc1NC(=O)COc1ccc(Br)cc1Br. The number of halogens is 2. The molecule has 0 atom stereocenters. The molecule has 8 heteroatoms. The molecule has 5 nitrogen and oxygen atoms in total. The van der Waals surface area contributed by atoms with Crippen molar-refractivity contribution >= 4 is 60.1 Å². The minimum Gasteiger partial charge on any atom is -0.483 e. The predicted molar refractivity (Wildman–Crippen MR) is 106 cm³/mol. The van der Waals surface area contributed by atoms with Crippen LogP contribution in [0.5, 0.6) is 5.75 Å². The Balaban J connectivity index is 2.04. The van der Waals surface area contributed by atoms with Crippen molar-refractivity contribution in [2.75, 3.05) is 18.5 Å². The number of amides is 1. The van der Waals surface area contributed by atoms with E-state index in [4.69, 9.17) is 9.47 Å². The fourth-order valence-electron chi connectivity index (χ4n) is 1.97. The van der Waals surface area contributed by atoms with Crippen molar-refractivity contribution in [2.24, 2.45) is 0 Å². The van der Waals surface area contributed by atoms with Gasteiger partial charge >= 0.3 is 5.97 Å². The molecule has 2 rings (SSSR count). The van der Waals surface area contributed by atoms with Gasteiger partial charge in [0.2, 0.25) is 0 Å². The fourth-order valence-corrected chi connectivity index (χ4v) is 4.13. The van der Waals surface area contributed by atoms with E-state index < -0.39 is 5.97 Å². The van der Waals surface area contributed by atoms with E-state index in [0.717, 1.165) is 20.2 Å². The van der Waals surface area contributed by atoms with Crippen molar-refractivity contribution in [3.63, 3.8) is 0 Å². The lowest BCUT2D eigenvalue weighted by atomic mass is 10.2. The number of nitrogens with one attached hydrogen (secondary N) is 1. The summed E-state index contributed by atoms with van der Waals surface area (Å²) < 4.78 is 12.2. The molecule has 1 aromatic carbocycles. The van der Waals surface area contributed by atoms with Crippen LogP contribution in [0, 0.1) is 0 Å². The molecule has 1 amide bonds. The first kappa shape index (κ1) is 19.9. The van der Waals surface area contributed by atoms with Crippen LogP contribution < -0.4 is 10.1 Å². The zero-order valence-corrected chi connectivity index (χ0v) is 17.7. The molecule has 25 heavy (non-hydrogen) atoms. The number of thiophene rings is 1. The lowest BCUT2D eigenvalue weighted by Gasteiger charge is -2.09. The molecule has 1 aromatic heterocycles. The van der Waals surface area contributed by atoms with Gasteiger partial charge in [-0.15, -0.1) is 11.3 Å². The second-order valence-corrected chi connectivity index (χ2v) is 7.85. The van der Waals surface area contributed by atoms with E-state index in [9.17, 15) is 9.59 Å². The average molecular weight is 491 g/mol. The van der Waals surface area contributed by atoms with Crippen molar-refractivity contribution in [3.8, 4) is 5.75 Å². The van der Waals surface area contributed by atoms with E-state index in [0.29, 0.717) is 16.3 Å². The number of aryl methyl sites for hydroxylation is 1. The summed E-state index contributed by atoms with van der Waals surface area (Å²) in [5.74, 6) is -0.223. The maximum absolute atomic E-state index is 12.2. The number of esters is 1. The Labute approximate surface area is 167 Å². The van der Waals surface area contributed by atoms with E-state index in [-0.39, 0.29) is 19.1 Å². The van der Waals surface area contributed by atoms with Crippen molar-refractivity contribution < 1.29 is 19.1 Å². The normalized spacial score (nSPS) is 10.4. The minimum atomic E-state index is -0.440. The second-order valence-electron chi connectivity index (χ2n) is 4.94. The molecular weight excluding hydrogens is 474 g/mol. The van der Waals surface area contributed by atoms with Gasteiger partial charge in [-0.1, -0.05) is 22.9 Å².